The van der Waals surface area contributed by atoms with Crippen molar-refractivity contribution >= 4 is 59.5 Å². The fraction of sp³-hybridized carbons (Fsp3) is 0.0698. The molecule has 2 aliphatic rings. The first-order valence-corrected chi connectivity index (χ1v) is 17.8. The van der Waals surface area contributed by atoms with Gasteiger partial charge in [0, 0.05) is 38.5 Å². The number of nitrogens with zero attached hydrogens (tertiary/aromatic N) is 2. The van der Waals surface area contributed by atoms with Gasteiger partial charge in [-0.2, -0.15) is 0 Å². The average Bonchev–Trinajstić information content (AvgIpc) is 3.45. The Kier molecular flexibility index (Phi) is 5.41. The second kappa shape index (κ2) is 9.46. The van der Waals surface area contributed by atoms with Crippen LogP contribution in [-0.4, -0.2) is 13.0 Å². The molecule has 0 aliphatic carbocycles. The van der Waals surface area contributed by atoms with Crippen molar-refractivity contribution in [2.75, 3.05) is 4.90 Å². The van der Waals surface area contributed by atoms with Crippen LogP contribution >= 0.6 is 0 Å². The van der Waals surface area contributed by atoms with Gasteiger partial charge in [0.15, 0.2) is 0 Å². The second-order valence-electron chi connectivity index (χ2n) is 13.4. The molecule has 7 aromatic carbocycles. The van der Waals surface area contributed by atoms with Crippen LogP contribution in [0.1, 0.15) is 25.0 Å². The predicted molar refractivity (Wildman–Crippen MR) is 196 cm³/mol. The fourth-order valence-electron chi connectivity index (χ4n) is 8.26. The first-order chi connectivity index (χ1) is 23.3. The van der Waals surface area contributed by atoms with Crippen LogP contribution in [0.15, 0.2) is 155 Å². The van der Waals surface area contributed by atoms with Crippen LogP contribution in [0.2, 0.25) is 0 Å². The minimum Gasteiger partial charge on any atom is -0.309 e. The number of aromatic nitrogens is 1. The molecule has 1 aromatic heterocycles. The summed E-state index contributed by atoms with van der Waals surface area (Å²) in [5, 5.41) is 4.72. The number of benzene rings is 7. The second-order valence-corrected chi connectivity index (χ2v) is 15.3. The molecule has 5 heteroatoms. The molecule has 4 nitrogen and oxygen atoms in total. The molecule has 0 bridgehead atoms. The lowest BCUT2D eigenvalue weighted by atomic mass is 9.77. The lowest BCUT2D eigenvalue weighted by molar-refractivity contribution is 0.555. The molecule has 230 valence electrons. The van der Waals surface area contributed by atoms with Crippen LogP contribution in [0, 0.1) is 0 Å². The van der Waals surface area contributed by atoms with Crippen LogP contribution in [0.25, 0.3) is 49.4 Å². The summed E-state index contributed by atoms with van der Waals surface area (Å²) in [6.07, 6.45) is 0. The highest BCUT2D eigenvalue weighted by molar-refractivity contribution is 7.91. The summed E-state index contributed by atoms with van der Waals surface area (Å²) in [4.78, 5) is 3.04. The molecular formula is C43H30N2O2S. The molecule has 0 unspecified atom stereocenters. The molecule has 0 atom stereocenters. The maximum absolute atomic E-state index is 14.4. The number of anilines is 3. The van der Waals surface area contributed by atoms with Gasteiger partial charge in [-0.25, -0.2) is 8.42 Å². The molecule has 0 spiro atoms. The van der Waals surface area contributed by atoms with Crippen LogP contribution in [-0.2, 0) is 15.3 Å². The van der Waals surface area contributed by atoms with E-state index >= 15 is 0 Å². The minimum absolute atomic E-state index is 0.372. The van der Waals surface area contributed by atoms with Crippen molar-refractivity contribution < 1.29 is 8.42 Å². The minimum atomic E-state index is -3.77. The van der Waals surface area contributed by atoms with E-state index in [2.05, 4.69) is 145 Å². The highest BCUT2D eigenvalue weighted by atomic mass is 32.2. The first-order valence-electron chi connectivity index (χ1n) is 16.3. The molecule has 8 aromatic rings. The maximum Gasteiger partial charge on any atom is 0.207 e. The third kappa shape index (κ3) is 3.51. The van der Waals surface area contributed by atoms with E-state index in [0.29, 0.717) is 9.79 Å². The molecule has 10 rings (SSSR count). The van der Waals surface area contributed by atoms with Gasteiger partial charge in [-0.3, -0.25) is 0 Å². The number of hydrogen-bond acceptors (Lipinski definition) is 3. The number of fused-ring (bicyclic) bond motifs is 7. The Labute approximate surface area is 279 Å². The number of sulfone groups is 1. The van der Waals surface area contributed by atoms with Crippen molar-refractivity contribution in [2.45, 2.75) is 29.1 Å². The predicted octanol–water partition coefficient (Wildman–Crippen LogP) is 10.9. The normalized spacial score (nSPS) is 15.3. The van der Waals surface area contributed by atoms with Gasteiger partial charge >= 0.3 is 0 Å². The van der Waals surface area contributed by atoms with Gasteiger partial charge in [0.2, 0.25) is 9.84 Å². The molecule has 0 fully saturated rings. The fourth-order valence-corrected chi connectivity index (χ4v) is 10.2. The van der Waals surface area contributed by atoms with Crippen LogP contribution in [0.3, 0.4) is 0 Å². The zero-order valence-corrected chi connectivity index (χ0v) is 27.3. The monoisotopic (exact) mass is 638 g/mol. The van der Waals surface area contributed by atoms with E-state index in [9.17, 15) is 8.42 Å². The third-order valence-corrected chi connectivity index (χ3v) is 12.4. The van der Waals surface area contributed by atoms with Crippen LogP contribution < -0.4 is 4.90 Å². The van der Waals surface area contributed by atoms with Crippen molar-refractivity contribution in [3.8, 4) is 16.8 Å². The molecule has 3 heterocycles. The number of para-hydroxylation sites is 3. The van der Waals surface area contributed by atoms with Crippen LogP contribution in [0.4, 0.5) is 17.1 Å². The van der Waals surface area contributed by atoms with E-state index in [1.165, 1.54) is 27.1 Å². The Hall–Kier alpha value is -5.65. The van der Waals surface area contributed by atoms with Gasteiger partial charge < -0.3 is 9.47 Å². The highest BCUT2D eigenvalue weighted by Gasteiger charge is 2.41. The first kappa shape index (κ1) is 27.5. The Balaban J connectivity index is 1.19. The summed E-state index contributed by atoms with van der Waals surface area (Å²) in [5.41, 5.74) is 9.62. The Bertz CT molecular complexity index is 2730. The summed E-state index contributed by atoms with van der Waals surface area (Å²) < 4.78 is 31.0. The topological polar surface area (TPSA) is 42.3 Å². The smallest absolute Gasteiger partial charge is 0.207 e. The van der Waals surface area contributed by atoms with Crippen molar-refractivity contribution in [1.82, 2.24) is 4.57 Å². The van der Waals surface area contributed by atoms with E-state index < -0.39 is 15.3 Å². The largest absolute Gasteiger partial charge is 0.309 e. The van der Waals surface area contributed by atoms with E-state index in [1.807, 2.05) is 18.2 Å². The van der Waals surface area contributed by atoms with Gasteiger partial charge in [-0.1, -0.05) is 98.8 Å². The summed E-state index contributed by atoms with van der Waals surface area (Å²) in [7, 11) is -3.77. The van der Waals surface area contributed by atoms with Crippen molar-refractivity contribution in [3.63, 3.8) is 0 Å². The SMILES string of the molecule is CC1(C)c2cc(N3c4ccccc4-c4cccc5cccc3c45)ccc2S(=O)(=O)c2ccc(-n3c4ccccc4c4ccccc43)cc21. The van der Waals surface area contributed by atoms with E-state index in [4.69, 9.17) is 0 Å². The number of rotatable bonds is 2. The Morgan fingerprint density at radius 1 is 0.521 bits per heavy atom. The van der Waals surface area contributed by atoms with Gasteiger partial charge in [0.05, 0.1) is 32.2 Å². The Morgan fingerprint density at radius 3 is 1.77 bits per heavy atom. The van der Waals surface area contributed by atoms with Gasteiger partial charge in [-0.05, 0) is 82.7 Å². The van der Waals surface area contributed by atoms with Crippen molar-refractivity contribution in [2.24, 2.45) is 0 Å². The van der Waals surface area contributed by atoms with Gasteiger partial charge in [0.1, 0.15) is 0 Å². The highest BCUT2D eigenvalue weighted by Crippen LogP contribution is 2.53. The van der Waals surface area contributed by atoms with Gasteiger partial charge in [-0.15, -0.1) is 0 Å². The van der Waals surface area contributed by atoms with Crippen LogP contribution in [0.5, 0.6) is 0 Å². The lowest BCUT2D eigenvalue weighted by Gasteiger charge is -2.38. The molecular weight excluding hydrogens is 609 g/mol. The van der Waals surface area contributed by atoms with Crippen molar-refractivity contribution in [3.05, 3.63) is 157 Å². The number of hydrogen-bond donors (Lipinski definition) is 0. The zero-order chi connectivity index (χ0) is 32.4. The Morgan fingerprint density at radius 2 is 1.06 bits per heavy atom. The average molecular weight is 639 g/mol. The molecule has 0 N–H and O–H groups in total. The molecule has 0 amide bonds. The molecule has 48 heavy (non-hydrogen) atoms. The van der Waals surface area contributed by atoms with Gasteiger partial charge in [0.25, 0.3) is 0 Å². The van der Waals surface area contributed by atoms with E-state index in [-0.39, 0.29) is 0 Å². The van der Waals surface area contributed by atoms with E-state index in [0.717, 1.165) is 50.5 Å². The quantitative estimate of drug-likeness (QED) is 0.189. The van der Waals surface area contributed by atoms with E-state index in [1.54, 1.807) is 6.07 Å². The molecule has 0 saturated carbocycles. The lowest BCUT2D eigenvalue weighted by Crippen LogP contribution is -2.30. The standard InChI is InChI=1S/C43H30N2O2S/c1-43(2)34-25-28(44-36-17-6-3-13-30(36)31-14-4-7-18-37(31)44)21-23-40(34)48(46,47)41-24-22-29(26-35(41)43)45-38-19-8-5-15-32(38)33-16-9-11-27-12-10-20-39(45)42(27)33/h3-26H,1-2H3. The maximum atomic E-state index is 14.4. The summed E-state index contributed by atoms with van der Waals surface area (Å²) in [5.74, 6) is 0. The summed E-state index contributed by atoms with van der Waals surface area (Å²) >= 11 is 0. The molecule has 0 radical (unpaired) electrons. The summed E-state index contributed by atoms with van der Waals surface area (Å²) in [6, 6.07) is 49.9. The summed E-state index contributed by atoms with van der Waals surface area (Å²) in [6.45, 7) is 4.30. The molecule has 0 saturated heterocycles. The third-order valence-electron chi connectivity index (χ3n) is 10.5. The zero-order valence-electron chi connectivity index (χ0n) is 26.5. The molecule has 2 aliphatic heterocycles. The van der Waals surface area contributed by atoms with Crippen molar-refractivity contribution in [1.29, 1.82) is 0 Å².